The summed E-state index contributed by atoms with van der Waals surface area (Å²) >= 11 is 6.42. The summed E-state index contributed by atoms with van der Waals surface area (Å²) in [4.78, 5) is 2.33. The van der Waals surface area contributed by atoms with Gasteiger partial charge in [-0.15, -0.1) is 0 Å². The zero-order valence-electron chi connectivity index (χ0n) is 10.2. The molecule has 0 aromatic heterocycles. The number of likely N-dealkylation sites (tertiary alicyclic amines) is 1. The van der Waals surface area contributed by atoms with Gasteiger partial charge in [-0.05, 0) is 43.6 Å². The van der Waals surface area contributed by atoms with Gasteiger partial charge in [0.1, 0.15) is 0 Å². The number of hydrogen-bond donors (Lipinski definition) is 1. The highest BCUT2D eigenvalue weighted by atomic mass is 35.5. The molecule has 1 unspecified atom stereocenters. The average molecular weight is 251 g/mol. The molecular weight excluding hydrogens is 232 g/mol. The first kappa shape index (κ1) is 11.5. The Morgan fingerprint density at radius 3 is 2.76 bits per heavy atom. The van der Waals surface area contributed by atoms with E-state index in [2.05, 4.69) is 35.5 Å². The molecule has 2 fully saturated rings. The summed E-state index contributed by atoms with van der Waals surface area (Å²) in [5, 5.41) is 4.47. The van der Waals surface area contributed by atoms with Crippen LogP contribution in [0, 0.1) is 0 Å². The zero-order valence-corrected chi connectivity index (χ0v) is 11.0. The maximum absolute atomic E-state index is 6.42. The smallest absolute Gasteiger partial charge is 0.0445 e. The molecule has 0 radical (unpaired) electrons. The Morgan fingerprint density at radius 2 is 2.18 bits per heavy atom. The Hall–Kier alpha value is -0.570. The van der Waals surface area contributed by atoms with Gasteiger partial charge < -0.3 is 10.2 Å². The third-order valence-electron chi connectivity index (χ3n) is 3.99. The van der Waals surface area contributed by atoms with Crippen molar-refractivity contribution in [2.45, 2.75) is 24.8 Å². The highest BCUT2D eigenvalue weighted by Gasteiger charge is 2.27. The first-order valence-electron chi connectivity index (χ1n) is 6.45. The molecule has 1 aromatic carbocycles. The van der Waals surface area contributed by atoms with Crippen LogP contribution in [0.5, 0.6) is 0 Å². The van der Waals surface area contributed by atoms with Crippen molar-refractivity contribution >= 4 is 11.6 Å². The van der Waals surface area contributed by atoms with Crippen molar-refractivity contribution in [2.75, 3.05) is 26.7 Å². The van der Waals surface area contributed by atoms with E-state index >= 15 is 0 Å². The fourth-order valence-electron chi connectivity index (χ4n) is 2.96. The number of rotatable bonds is 2. The van der Waals surface area contributed by atoms with Crippen LogP contribution < -0.4 is 5.32 Å². The lowest BCUT2D eigenvalue weighted by Crippen LogP contribution is -2.41. The Kier molecular flexibility index (Phi) is 3.12. The van der Waals surface area contributed by atoms with Crippen LogP contribution in [0.3, 0.4) is 0 Å². The van der Waals surface area contributed by atoms with Crippen molar-refractivity contribution in [3.05, 3.63) is 34.3 Å². The lowest BCUT2D eigenvalue weighted by molar-refractivity contribution is 0.190. The summed E-state index contributed by atoms with van der Waals surface area (Å²) in [6.07, 6.45) is 2.51. The molecule has 0 aliphatic carbocycles. The average Bonchev–Trinajstić information content (AvgIpc) is 2.78. The van der Waals surface area contributed by atoms with Gasteiger partial charge in [0.25, 0.3) is 0 Å². The Morgan fingerprint density at radius 1 is 1.35 bits per heavy atom. The molecule has 1 aromatic rings. The zero-order chi connectivity index (χ0) is 11.8. The number of halogens is 1. The van der Waals surface area contributed by atoms with Crippen LogP contribution in [0.4, 0.5) is 0 Å². The van der Waals surface area contributed by atoms with Crippen LogP contribution in [0.15, 0.2) is 18.2 Å². The quantitative estimate of drug-likeness (QED) is 0.869. The molecule has 2 aliphatic rings. The summed E-state index contributed by atoms with van der Waals surface area (Å²) in [6.45, 7) is 3.42. The molecule has 0 bridgehead atoms. The van der Waals surface area contributed by atoms with E-state index in [4.69, 9.17) is 11.6 Å². The van der Waals surface area contributed by atoms with Crippen LogP contribution in [-0.2, 0) is 0 Å². The molecule has 2 heterocycles. The predicted molar refractivity (Wildman–Crippen MR) is 71.7 cm³/mol. The molecule has 3 heteroatoms. The molecule has 17 heavy (non-hydrogen) atoms. The van der Waals surface area contributed by atoms with Crippen molar-refractivity contribution in [1.29, 1.82) is 0 Å². The number of nitrogens with zero attached hydrogens (tertiary/aromatic N) is 1. The van der Waals surface area contributed by atoms with Crippen molar-refractivity contribution in [3.8, 4) is 0 Å². The summed E-state index contributed by atoms with van der Waals surface area (Å²) in [7, 11) is 2.15. The SMILES string of the molecule is CN1CC(c2ccc(C3CCCN3)cc2Cl)C1. The molecule has 2 saturated heterocycles. The molecule has 2 aliphatic heterocycles. The van der Waals surface area contributed by atoms with E-state index in [0.717, 1.165) is 24.7 Å². The minimum Gasteiger partial charge on any atom is -0.310 e. The summed E-state index contributed by atoms with van der Waals surface area (Å²) in [5.41, 5.74) is 2.68. The number of likely N-dealkylation sites (N-methyl/N-ethyl adjacent to an activating group) is 1. The summed E-state index contributed by atoms with van der Waals surface area (Å²) in [6, 6.07) is 7.17. The molecule has 0 spiro atoms. The van der Waals surface area contributed by atoms with Crippen molar-refractivity contribution in [3.63, 3.8) is 0 Å². The van der Waals surface area contributed by atoms with Gasteiger partial charge in [-0.2, -0.15) is 0 Å². The second-order valence-corrected chi connectivity index (χ2v) is 5.76. The first-order valence-corrected chi connectivity index (χ1v) is 6.83. The van der Waals surface area contributed by atoms with Crippen molar-refractivity contribution < 1.29 is 0 Å². The number of nitrogens with one attached hydrogen (secondary N) is 1. The molecular formula is C14H19ClN2. The molecule has 92 valence electrons. The summed E-state index contributed by atoms with van der Waals surface area (Å²) < 4.78 is 0. The van der Waals surface area contributed by atoms with Crippen LogP contribution in [0.25, 0.3) is 0 Å². The lowest BCUT2D eigenvalue weighted by atomic mass is 9.90. The maximum atomic E-state index is 6.42. The van der Waals surface area contributed by atoms with E-state index in [-0.39, 0.29) is 0 Å². The van der Waals surface area contributed by atoms with E-state index in [1.165, 1.54) is 24.0 Å². The molecule has 1 atom stereocenters. The van der Waals surface area contributed by atoms with Crippen molar-refractivity contribution in [1.82, 2.24) is 10.2 Å². The number of benzene rings is 1. The van der Waals surface area contributed by atoms with E-state index in [0.29, 0.717) is 12.0 Å². The van der Waals surface area contributed by atoms with E-state index in [9.17, 15) is 0 Å². The monoisotopic (exact) mass is 250 g/mol. The normalized spacial score (nSPS) is 26.1. The van der Waals surface area contributed by atoms with E-state index < -0.39 is 0 Å². The van der Waals surface area contributed by atoms with Crippen LogP contribution >= 0.6 is 11.6 Å². The molecule has 3 rings (SSSR count). The van der Waals surface area contributed by atoms with Gasteiger partial charge in [-0.1, -0.05) is 23.7 Å². The van der Waals surface area contributed by atoms with Gasteiger partial charge in [0.15, 0.2) is 0 Å². The van der Waals surface area contributed by atoms with E-state index in [1.54, 1.807) is 0 Å². The molecule has 0 saturated carbocycles. The molecule has 0 amide bonds. The molecule has 1 N–H and O–H groups in total. The summed E-state index contributed by atoms with van der Waals surface area (Å²) in [5.74, 6) is 0.637. The van der Waals surface area contributed by atoms with Crippen molar-refractivity contribution in [2.24, 2.45) is 0 Å². The number of hydrogen-bond acceptors (Lipinski definition) is 2. The maximum Gasteiger partial charge on any atom is 0.0445 e. The standard InChI is InChI=1S/C14H19ClN2/c1-17-8-11(9-17)12-5-4-10(7-13(12)15)14-3-2-6-16-14/h4-5,7,11,14,16H,2-3,6,8-9H2,1H3. The topological polar surface area (TPSA) is 15.3 Å². The van der Waals surface area contributed by atoms with Gasteiger partial charge >= 0.3 is 0 Å². The van der Waals surface area contributed by atoms with Gasteiger partial charge in [-0.25, -0.2) is 0 Å². The second-order valence-electron chi connectivity index (χ2n) is 5.35. The van der Waals surface area contributed by atoms with Crippen LogP contribution in [0.1, 0.15) is 35.9 Å². The second kappa shape index (κ2) is 4.60. The third kappa shape index (κ3) is 2.22. The molecule has 2 nitrogen and oxygen atoms in total. The van der Waals surface area contributed by atoms with Crippen LogP contribution in [-0.4, -0.2) is 31.6 Å². The minimum absolute atomic E-state index is 0.519. The highest BCUT2D eigenvalue weighted by Crippen LogP contribution is 2.34. The van der Waals surface area contributed by atoms with Gasteiger partial charge in [0.05, 0.1) is 0 Å². The Balaban J connectivity index is 1.79. The van der Waals surface area contributed by atoms with Crippen LogP contribution in [0.2, 0.25) is 5.02 Å². The Bertz CT molecular complexity index is 407. The fourth-order valence-corrected chi connectivity index (χ4v) is 3.30. The lowest BCUT2D eigenvalue weighted by Gasteiger charge is -2.37. The largest absolute Gasteiger partial charge is 0.310 e. The van der Waals surface area contributed by atoms with Gasteiger partial charge in [0, 0.05) is 30.1 Å². The predicted octanol–water partition coefficient (Wildman–Crippen LogP) is 2.79. The first-order chi connectivity index (χ1) is 8.24. The Labute approximate surface area is 108 Å². The fraction of sp³-hybridized carbons (Fsp3) is 0.571. The highest BCUT2D eigenvalue weighted by molar-refractivity contribution is 6.31. The minimum atomic E-state index is 0.519. The van der Waals surface area contributed by atoms with Gasteiger partial charge in [-0.3, -0.25) is 0 Å². The third-order valence-corrected chi connectivity index (χ3v) is 4.32. The van der Waals surface area contributed by atoms with Gasteiger partial charge in [0.2, 0.25) is 0 Å². The van der Waals surface area contributed by atoms with E-state index in [1.807, 2.05) is 0 Å².